The summed E-state index contributed by atoms with van der Waals surface area (Å²) in [6, 6.07) is 11.6. The Balaban J connectivity index is 2.11. The molecule has 23 heavy (non-hydrogen) atoms. The van der Waals surface area contributed by atoms with Gasteiger partial charge in [0.15, 0.2) is 5.11 Å². The van der Waals surface area contributed by atoms with Crippen LogP contribution in [0, 0.1) is 6.92 Å². The number of rotatable bonds is 3. The monoisotopic (exact) mass is 392 g/mol. The topological polar surface area (TPSA) is 78.4 Å². The molecule has 2 rings (SSSR count). The van der Waals surface area contributed by atoms with E-state index in [-0.39, 0.29) is 16.6 Å². The lowest BCUT2D eigenvalue weighted by Crippen LogP contribution is -2.34. The van der Waals surface area contributed by atoms with Gasteiger partial charge in [0, 0.05) is 10.0 Å². The van der Waals surface area contributed by atoms with E-state index in [0.717, 1.165) is 5.56 Å². The Bertz CT molecular complexity index is 793. The summed E-state index contributed by atoms with van der Waals surface area (Å²) in [6.07, 6.45) is 0. The first-order valence-electron chi connectivity index (χ1n) is 6.59. The molecule has 5 nitrogen and oxygen atoms in total. The van der Waals surface area contributed by atoms with E-state index in [1.165, 1.54) is 12.1 Å². The van der Waals surface area contributed by atoms with E-state index >= 15 is 0 Å². The maximum Gasteiger partial charge on any atom is 0.335 e. The van der Waals surface area contributed by atoms with Crippen LogP contribution in [0.3, 0.4) is 0 Å². The number of carbonyl (C=O) groups is 2. The molecule has 0 aromatic heterocycles. The molecule has 0 atom stereocenters. The quantitative estimate of drug-likeness (QED) is 0.695. The van der Waals surface area contributed by atoms with Gasteiger partial charge in [-0.1, -0.05) is 18.2 Å². The van der Waals surface area contributed by atoms with Crippen molar-refractivity contribution in [1.82, 2.24) is 5.32 Å². The van der Waals surface area contributed by atoms with Crippen molar-refractivity contribution >= 4 is 50.8 Å². The lowest BCUT2D eigenvalue weighted by molar-refractivity contribution is 0.0696. The fourth-order valence-corrected chi connectivity index (χ4v) is 2.45. The van der Waals surface area contributed by atoms with Gasteiger partial charge < -0.3 is 10.4 Å². The predicted octanol–water partition coefficient (Wildman–Crippen LogP) is 3.58. The van der Waals surface area contributed by atoms with Crippen LogP contribution in [-0.4, -0.2) is 22.1 Å². The van der Waals surface area contributed by atoms with E-state index in [4.69, 9.17) is 17.3 Å². The first-order valence-corrected chi connectivity index (χ1v) is 7.79. The van der Waals surface area contributed by atoms with Crippen LogP contribution in [0.5, 0.6) is 0 Å². The number of anilines is 1. The zero-order chi connectivity index (χ0) is 17.0. The first-order chi connectivity index (χ1) is 10.9. The molecule has 0 aliphatic heterocycles. The molecule has 0 spiro atoms. The van der Waals surface area contributed by atoms with Gasteiger partial charge in [-0.25, -0.2) is 4.79 Å². The van der Waals surface area contributed by atoms with Crippen molar-refractivity contribution in [3.05, 3.63) is 63.6 Å². The van der Waals surface area contributed by atoms with Crippen molar-refractivity contribution in [2.24, 2.45) is 0 Å². The zero-order valence-electron chi connectivity index (χ0n) is 12.1. The molecule has 0 saturated carbocycles. The van der Waals surface area contributed by atoms with Crippen molar-refractivity contribution in [2.75, 3.05) is 5.32 Å². The highest BCUT2D eigenvalue weighted by Crippen LogP contribution is 2.23. The van der Waals surface area contributed by atoms with E-state index in [1.54, 1.807) is 18.2 Å². The van der Waals surface area contributed by atoms with Crippen LogP contribution in [0.4, 0.5) is 5.69 Å². The SMILES string of the molecule is Cc1ccccc1C(=O)NC(=S)Nc1cc(C(=O)O)ccc1Br. The Hall–Kier alpha value is -2.25. The highest BCUT2D eigenvalue weighted by atomic mass is 79.9. The van der Waals surface area contributed by atoms with Crippen LogP contribution in [-0.2, 0) is 0 Å². The third-order valence-electron chi connectivity index (χ3n) is 3.08. The molecular weight excluding hydrogens is 380 g/mol. The smallest absolute Gasteiger partial charge is 0.335 e. The van der Waals surface area contributed by atoms with Crippen LogP contribution in [0.2, 0.25) is 0 Å². The minimum atomic E-state index is -1.05. The molecule has 2 aromatic carbocycles. The van der Waals surface area contributed by atoms with E-state index < -0.39 is 5.97 Å². The Morgan fingerprint density at radius 2 is 1.87 bits per heavy atom. The number of hydrogen-bond acceptors (Lipinski definition) is 3. The number of carboxylic acids is 1. The second-order valence-electron chi connectivity index (χ2n) is 4.72. The second-order valence-corrected chi connectivity index (χ2v) is 5.99. The number of carboxylic acid groups (broad SMARTS) is 1. The number of amides is 1. The predicted molar refractivity (Wildman–Crippen MR) is 96.0 cm³/mol. The largest absolute Gasteiger partial charge is 0.478 e. The molecule has 1 amide bonds. The number of nitrogens with one attached hydrogen (secondary N) is 2. The van der Waals surface area contributed by atoms with Crippen LogP contribution < -0.4 is 10.6 Å². The van der Waals surface area contributed by atoms with Gasteiger partial charge in [-0.3, -0.25) is 10.1 Å². The number of aryl methyl sites for hydroxylation is 1. The van der Waals surface area contributed by atoms with Gasteiger partial charge in [-0.05, 0) is 64.9 Å². The molecule has 7 heteroatoms. The van der Waals surface area contributed by atoms with E-state index in [2.05, 4.69) is 26.6 Å². The lowest BCUT2D eigenvalue weighted by atomic mass is 10.1. The lowest BCUT2D eigenvalue weighted by Gasteiger charge is -2.12. The Morgan fingerprint density at radius 3 is 2.52 bits per heavy atom. The number of carbonyl (C=O) groups excluding carboxylic acids is 1. The summed E-state index contributed by atoms with van der Waals surface area (Å²) < 4.78 is 0.634. The molecule has 3 N–H and O–H groups in total. The molecule has 0 saturated heterocycles. The van der Waals surface area contributed by atoms with Gasteiger partial charge >= 0.3 is 5.97 Å². The van der Waals surface area contributed by atoms with Gasteiger partial charge in [-0.2, -0.15) is 0 Å². The first kappa shape index (κ1) is 17.1. The van der Waals surface area contributed by atoms with Crippen molar-refractivity contribution in [3.63, 3.8) is 0 Å². The van der Waals surface area contributed by atoms with Gasteiger partial charge in [0.05, 0.1) is 11.3 Å². The number of benzene rings is 2. The zero-order valence-corrected chi connectivity index (χ0v) is 14.5. The standard InChI is InChI=1S/C16H13BrN2O3S/c1-9-4-2-3-5-11(9)14(20)19-16(23)18-13-8-10(15(21)22)6-7-12(13)17/h2-8H,1H3,(H,21,22)(H2,18,19,20,23). The maximum atomic E-state index is 12.2. The summed E-state index contributed by atoms with van der Waals surface area (Å²) in [6.45, 7) is 1.83. The minimum Gasteiger partial charge on any atom is -0.478 e. The molecule has 0 unspecified atom stereocenters. The Kier molecular flexibility index (Phi) is 5.46. The fraction of sp³-hybridized carbons (Fsp3) is 0.0625. The molecule has 2 aromatic rings. The number of thiocarbonyl (C=S) groups is 1. The molecule has 0 radical (unpaired) electrons. The molecule has 0 fully saturated rings. The Labute approximate surface area is 146 Å². The number of halogens is 1. The summed E-state index contributed by atoms with van der Waals surface area (Å²) >= 11 is 8.42. The number of aromatic carboxylic acids is 1. The summed E-state index contributed by atoms with van der Waals surface area (Å²) in [4.78, 5) is 23.2. The van der Waals surface area contributed by atoms with Crippen LogP contribution in [0.15, 0.2) is 46.9 Å². The Morgan fingerprint density at radius 1 is 1.17 bits per heavy atom. The van der Waals surface area contributed by atoms with Crippen molar-refractivity contribution < 1.29 is 14.7 Å². The van der Waals surface area contributed by atoms with Gasteiger partial charge in [-0.15, -0.1) is 0 Å². The average Bonchev–Trinajstić information content (AvgIpc) is 2.49. The molecular formula is C16H13BrN2O3S. The summed E-state index contributed by atoms with van der Waals surface area (Å²) in [5.74, 6) is -1.37. The van der Waals surface area contributed by atoms with E-state index in [9.17, 15) is 9.59 Å². The van der Waals surface area contributed by atoms with Crippen LogP contribution >= 0.6 is 28.1 Å². The van der Waals surface area contributed by atoms with E-state index in [1.807, 2.05) is 19.1 Å². The molecule has 118 valence electrons. The third kappa shape index (κ3) is 4.37. The fourth-order valence-electron chi connectivity index (χ4n) is 1.91. The van der Waals surface area contributed by atoms with Crippen LogP contribution in [0.1, 0.15) is 26.3 Å². The second kappa shape index (κ2) is 7.34. The van der Waals surface area contributed by atoms with Gasteiger partial charge in [0.25, 0.3) is 5.91 Å². The highest BCUT2D eigenvalue weighted by Gasteiger charge is 2.12. The normalized spacial score (nSPS) is 10.0. The maximum absolute atomic E-state index is 12.2. The number of hydrogen-bond donors (Lipinski definition) is 3. The van der Waals surface area contributed by atoms with Crippen molar-refractivity contribution in [1.29, 1.82) is 0 Å². The third-order valence-corrected chi connectivity index (χ3v) is 3.97. The van der Waals surface area contributed by atoms with Gasteiger partial charge in [0.2, 0.25) is 0 Å². The average molecular weight is 393 g/mol. The van der Waals surface area contributed by atoms with Gasteiger partial charge in [0.1, 0.15) is 0 Å². The van der Waals surface area contributed by atoms with Crippen LogP contribution in [0.25, 0.3) is 0 Å². The molecule has 0 aliphatic carbocycles. The molecule has 0 aliphatic rings. The van der Waals surface area contributed by atoms with E-state index in [0.29, 0.717) is 15.7 Å². The summed E-state index contributed by atoms with van der Waals surface area (Å²) in [5, 5.41) is 14.5. The summed E-state index contributed by atoms with van der Waals surface area (Å²) in [5.41, 5.74) is 1.93. The highest BCUT2D eigenvalue weighted by molar-refractivity contribution is 9.10. The van der Waals surface area contributed by atoms with Crippen molar-refractivity contribution in [2.45, 2.75) is 6.92 Å². The minimum absolute atomic E-state index is 0.0847. The molecule has 0 bridgehead atoms. The van der Waals surface area contributed by atoms with Crippen molar-refractivity contribution in [3.8, 4) is 0 Å². The molecule has 0 heterocycles. The summed E-state index contributed by atoms with van der Waals surface area (Å²) in [7, 11) is 0.